The molecule has 0 spiro atoms. The van der Waals surface area contributed by atoms with Gasteiger partial charge in [-0.1, -0.05) is 18.2 Å². The predicted octanol–water partition coefficient (Wildman–Crippen LogP) is 4.07. The van der Waals surface area contributed by atoms with E-state index in [9.17, 15) is 4.79 Å². The van der Waals surface area contributed by atoms with E-state index in [4.69, 9.17) is 4.74 Å². The van der Waals surface area contributed by atoms with E-state index in [0.29, 0.717) is 5.69 Å². The number of carbonyl (C=O) groups is 1. The summed E-state index contributed by atoms with van der Waals surface area (Å²) in [4.78, 5) is 23.8. The first kappa shape index (κ1) is 18.6. The molecule has 0 saturated carbocycles. The Morgan fingerprint density at radius 3 is 2.64 bits per heavy atom. The Labute approximate surface area is 168 Å². The van der Waals surface area contributed by atoms with Crippen LogP contribution in [0.15, 0.2) is 54.0 Å². The van der Waals surface area contributed by atoms with E-state index in [0.717, 1.165) is 35.2 Å². The minimum absolute atomic E-state index is 0.145. The van der Waals surface area contributed by atoms with Crippen LogP contribution in [0.1, 0.15) is 24.3 Å². The monoisotopic (exact) mass is 394 g/mol. The number of anilines is 2. The second kappa shape index (κ2) is 8.08. The molecule has 0 bridgehead atoms. The fraction of sp³-hybridized carbons (Fsp3) is 0.286. The molecular weight excluding hydrogens is 372 g/mol. The smallest absolute Gasteiger partial charge is 0.275 e. The molecule has 6 nitrogen and oxygen atoms in total. The normalized spacial score (nSPS) is 19.4. The summed E-state index contributed by atoms with van der Waals surface area (Å²) < 4.78 is 5.83. The molecule has 0 unspecified atom stereocenters. The molecule has 1 aromatic carbocycles. The first-order valence-corrected chi connectivity index (χ1v) is 10.2. The minimum Gasteiger partial charge on any atom is -0.372 e. The molecule has 7 heteroatoms. The van der Waals surface area contributed by atoms with Crippen LogP contribution in [-0.2, 0) is 4.74 Å². The highest BCUT2D eigenvalue weighted by Crippen LogP contribution is 2.29. The van der Waals surface area contributed by atoms with Gasteiger partial charge in [0.05, 0.1) is 29.3 Å². The van der Waals surface area contributed by atoms with Crippen molar-refractivity contribution < 1.29 is 9.53 Å². The molecule has 1 fully saturated rings. The topological polar surface area (TPSA) is 67.4 Å². The van der Waals surface area contributed by atoms with Gasteiger partial charge in [0.25, 0.3) is 5.91 Å². The van der Waals surface area contributed by atoms with Crippen LogP contribution in [-0.4, -0.2) is 41.2 Å². The molecule has 1 amide bonds. The number of aromatic nitrogens is 2. The summed E-state index contributed by atoms with van der Waals surface area (Å²) in [7, 11) is 0. The van der Waals surface area contributed by atoms with E-state index in [-0.39, 0.29) is 18.1 Å². The number of ether oxygens (including phenoxy) is 1. The van der Waals surface area contributed by atoms with Crippen LogP contribution in [0.5, 0.6) is 0 Å². The molecule has 1 saturated heterocycles. The molecule has 144 valence electrons. The van der Waals surface area contributed by atoms with Crippen LogP contribution in [0.4, 0.5) is 11.4 Å². The van der Waals surface area contributed by atoms with Gasteiger partial charge in [0.2, 0.25) is 0 Å². The average Bonchev–Trinajstić information content (AvgIpc) is 3.19. The van der Waals surface area contributed by atoms with Gasteiger partial charge < -0.3 is 15.0 Å². The van der Waals surface area contributed by atoms with Crippen LogP contribution >= 0.6 is 11.3 Å². The van der Waals surface area contributed by atoms with E-state index >= 15 is 0 Å². The van der Waals surface area contributed by atoms with Crippen molar-refractivity contribution >= 4 is 28.6 Å². The van der Waals surface area contributed by atoms with Gasteiger partial charge >= 0.3 is 0 Å². The van der Waals surface area contributed by atoms with Gasteiger partial charge in [0, 0.05) is 24.7 Å². The maximum atomic E-state index is 12.8. The van der Waals surface area contributed by atoms with Gasteiger partial charge in [-0.2, -0.15) is 0 Å². The number of benzene rings is 1. The second-order valence-electron chi connectivity index (χ2n) is 6.89. The first-order valence-electron chi connectivity index (χ1n) is 9.28. The maximum absolute atomic E-state index is 12.8. The van der Waals surface area contributed by atoms with Crippen molar-refractivity contribution in [3.05, 3.63) is 59.7 Å². The third kappa shape index (κ3) is 4.05. The fourth-order valence-corrected chi connectivity index (χ4v) is 4.18. The van der Waals surface area contributed by atoms with Gasteiger partial charge in [-0.05, 0) is 38.1 Å². The Kier molecular flexibility index (Phi) is 5.36. The summed E-state index contributed by atoms with van der Waals surface area (Å²) in [5, 5.41) is 5.52. The third-order valence-corrected chi connectivity index (χ3v) is 5.40. The number of carbonyl (C=O) groups excluding carboxylic acids is 1. The maximum Gasteiger partial charge on any atom is 0.275 e. The number of morpholine rings is 1. The van der Waals surface area contributed by atoms with Gasteiger partial charge in [-0.3, -0.25) is 9.78 Å². The van der Waals surface area contributed by atoms with Crippen molar-refractivity contribution in [1.82, 2.24) is 9.97 Å². The van der Waals surface area contributed by atoms with Crippen LogP contribution in [0.25, 0.3) is 10.7 Å². The van der Waals surface area contributed by atoms with Gasteiger partial charge in [-0.15, -0.1) is 11.3 Å². The number of hydrogen-bond acceptors (Lipinski definition) is 6. The molecule has 3 heterocycles. The lowest BCUT2D eigenvalue weighted by molar-refractivity contribution is -0.00517. The number of nitrogens with zero attached hydrogens (tertiary/aromatic N) is 3. The van der Waals surface area contributed by atoms with Crippen molar-refractivity contribution in [2.45, 2.75) is 26.1 Å². The lowest BCUT2D eigenvalue weighted by atomic mass is 10.1. The van der Waals surface area contributed by atoms with Crippen molar-refractivity contribution in [1.29, 1.82) is 0 Å². The highest BCUT2D eigenvalue weighted by molar-refractivity contribution is 7.13. The van der Waals surface area contributed by atoms with Crippen molar-refractivity contribution in [3.8, 4) is 10.7 Å². The molecule has 3 aromatic rings. The van der Waals surface area contributed by atoms with E-state index in [1.54, 1.807) is 11.6 Å². The minimum atomic E-state index is -0.222. The van der Waals surface area contributed by atoms with Crippen LogP contribution < -0.4 is 10.2 Å². The average molecular weight is 395 g/mol. The highest BCUT2D eigenvalue weighted by Gasteiger charge is 2.24. The molecule has 0 aliphatic carbocycles. The molecule has 28 heavy (non-hydrogen) atoms. The third-order valence-electron chi connectivity index (χ3n) is 4.53. The predicted molar refractivity (Wildman–Crippen MR) is 112 cm³/mol. The molecule has 1 aliphatic rings. The Morgan fingerprint density at radius 2 is 1.89 bits per heavy atom. The summed E-state index contributed by atoms with van der Waals surface area (Å²) in [6, 6.07) is 13.5. The van der Waals surface area contributed by atoms with E-state index in [2.05, 4.69) is 34.0 Å². The summed E-state index contributed by atoms with van der Waals surface area (Å²) in [6.45, 7) is 5.71. The lowest BCUT2D eigenvalue weighted by Gasteiger charge is -2.37. The van der Waals surface area contributed by atoms with Crippen LogP contribution in [0.2, 0.25) is 0 Å². The summed E-state index contributed by atoms with van der Waals surface area (Å²) in [5.41, 5.74) is 2.94. The standard InChI is InChI=1S/C21H22N4O2S/c1-14-11-25(12-15(2)27-14)19-9-4-3-7-16(19)23-20(26)18-13-28-21(24-18)17-8-5-6-10-22-17/h3-10,13-15H,11-12H2,1-2H3,(H,23,26)/t14-,15-/m1/s1. The summed E-state index contributed by atoms with van der Waals surface area (Å²) in [6.07, 6.45) is 2.01. The zero-order valence-corrected chi connectivity index (χ0v) is 16.6. The van der Waals surface area contributed by atoms with Crippen molar-refractivity contribution in [2.75, 3.05) is 23.3 Å². The largest absolute Gasteiger partial charge is 0.372 e. The number of nitrogens with one attached hydrogen (secondary N) is 1. The van der Waals surface area contributed by atoms with Crippen molar-refractivity contribution in [2.24, 2.45) is 0 Å². The number of thiazole rings is 1. The number of amides is 1. The van der Waals surface area contributed by atoms with Gasteiger partial charge in [0.1, 0.15) is 10.7 Å². The Balaban J connectivity index is 1.53. The lowest BCUT2D eigenvalue weighted by Crippen LogP contribution is -2.45. The number of para-hydroxylation sites is 2. The molecule has 1 aliphatic heterocycles. The molecule has 4 rings (SSSR count). The molecule has 2 aromatic heterocycles. The van der Waals surface area contributed by atoms with Gasteiger partial charge in [-0.25, -0.2) is 4.98 Å². The fourth-order valence-electron chi connectivity index (χ4n) is 3.40. The number of hydrogen-bond donors (Lipinski definition) is 1. The van der Waals surface area contributed by atoms with Crippen molar-refractivity contribution in [3.63, 3.8) is 0 Å². The Morgan fingerprint density at radius 1 is 1.14 bits per heavy atom. The molecular formula is C21H22N4O2S. The second-order valence-corrected chi connectivity index (χ2v) is 7.74. The van der Waals surface area contributed by atoms with E-state index in [1.807, 2.05) is 42.5 Å². The Bertz CT molecular complexity index is 950. The SMILES string of the molecule is C[C@@H]1CN(c2ccccc2NC(=O)c2csc(-c3ccccn3)n2)C[C@@H](C)O1. The number of pyridine rings is 1. The highest BCUT2D eigenvalue weighted by atomic mass is 32.1. The van der Waals surface area contributed by atoms with Crippen LogP contribution in [0, 0.1) is 0 Å². The molecule has 1 N–H and O–H groups in total. The zero-order chi connectivity index (χ0) is 19.5. The van der Waals surface area contributed by atoms with E-state index in [1.165, 1.54) is 11.3 Å². The van der Waals surface area contributed by atoms with E-state index < -0.39 is 0 Å². The van der Waals surface area contributed by atoms with Gasteiger partial charge in [0.15, 0.2) is 0 Å². The number of rotatable bonds is 4. The first-order chi connectivity index (χ1) is 13.6. The Hall–Kier alpha value is -2.77. The van der Waals surface area contributed by atoms with Crippen LogP contribution in [0.3, 0.4) is 0 Å². The molecule has 0 radical (unpaired) electrons. The summed E-state index contributed by atoms with van der Waals surface area (Å²) >= 11 is 1.41. The zero-order valence-electron chi connectivity index (χ0n) is 15.8. The molecule has 2 atom stereocenters. The summed E-state index contributed by atoms with van der Waals surface area (Å²) in [5.74, 6) is -0.222. The quantitative estimate of drug-likeness (QED) is 0.722.